The van der Waals surface area contributed by atoms with E-state index >= 15 is 0 Å². The molecule has 0 fully saturated rings. The SMILES string of the molecule is CCCCCC/C=C\C/C=C\CCCCCCCC(=O)OCCCCCCCCCCCCCC/C=C\CCCCCCCCCCCC(=O)NC(CO)C(O)/C=C/CCCCCCCCCCCCCCCCC. The van der Waals surface area contributed by atoms with Gasteiger partial charge in [-0.25, -0.2) is 0 Å². The molecule has 6 nitrogen and oxygen atoms in total. The second-order valence-corrected chi connectivity index (χ2v) is 22.8. The minimum Gasteiger partial charge on any atom is -0.466 e. The number of amides is 1. The van der Waals surface area contributed by atoms with Crippen molar-refractivity contribution in [2.75, 3.05) is 13.2 Å². The molecule has 0 heterocycles. The van der Waals surface area contributed by atoms with Crippen LogP contribution >= 0.6 is 0 Å². The zero-order valence-electron chi connectivity index (χ0n) is 50.3. The van der Waals surface area contributed by atoms with Crippen molar-refractivity contribution in [3.63, 3.8) is 0 Å². The summed E-state index contributed by atoms with van der Waals surface area (Å²) in [4.78, 5) is 24.6. The summed E-state index contributed by atoms with van der Waals surface area (Å²) in [6.45, 7) is 4.90. The van der Waals surface area contributed by atoms with Crippen LogP contribution in [0.3, 0.4) is 0 Å². The van der Waals surface area contributed by atoms with Crippen LogP contribution in [-0.2, 0) is 14.3 Å². The number of hydrogen-bond acceptors (Lipinski definition) is 5. The molecule has 0 aromatic heterocycles. The minimum atomic E-state index is -0.847. The highest BCUT2D eigenvalue weighted by molar-refractivity contribution is 5.76. The van der Waals surface area contributed by atoms with Crippen molar-refractivity contribution in [1.82, 2.24) is 5.32 Å². The molecule has 0 aliphatic heterocycles. The van der Waals surface area contributed by atoms with Crippen LogP contribution in [0.15, 0.2) is 48.6 Å². The van der Waals surface area contributed by atoms with Gasteiger partial charge in [-0.2, -0.15) is 0 Å². The molecule has 0 spiro atoms. The first kappa shape index (κ1) is 72.8. The van der Waals surface area contributed by atoms with E-state index in [1.807, 2.05) is 6.08 Å². The zero-order valence-corrected chi connectivity index (χ0v) is 50.3. The minimum absolute atomic E-state index is 0.000500. The third-order valence-corrected chi connectivity index (χ3v) is 15.3. The topological polar surface area (TPSA) is 95.9 Å². The van der Waals surface area contributed by atoms with E-state index in [-0.39, 0.29) is 18.5 Å². The molecule has 6 heteroatoms. The van der Waals surface area contributed by atoms with Crippen LogP contribution in [0.5, 0.6) is 0 Å². The lowest BCUT2D eigenvalue weighted by atomic mass is 10.0. The standard InChI is InChI=1S/C69H129NO5/c1-3-5-7-9-11-13-15-17-19-30-33-37-41-45-49-53-57-61-67(72)66(65-71)70-68(73)62-58-54-50-46-42-38-34-31-28-26-24-22-21-23-25-27-29-32-36-40-44-48-52-56-60-64-75-69(74)63-59-55-51-47-43-39-35-20-18-16-14-12-10-8-6-4-2/h14,16,20,22,24,35,57,61,66-67,71-72H,3-13,15,17-19,21,23,25-34,36-56,58-60,62-65H2,1-2H3,(H,70,73)/b16-14-,24-22-,35-20-,61-57+. The van der Waals surface area contributed by atoms with Gasteiger partial charge in [-0.05, 0) is 89.9 Å². The maximum absolute atomic E-state index is 12.5. The monoisotopic (exact) mass is 1050 g/mol. The van der Waals surface area contributed by atoms with Crippen LogP contribution < -0.4 is 5.32 Å². The van der Waals surface area contributed by atoms with E-state index in [4.69, 9.17) is 4.74 Å². The Kier molecular flexibility index (Phi) is 62.5. The predicted molar refractivity (Wildman–Crippen MR) is 329 cm³/mol. The molecule has 440 valence electrons. The average Bonchev–Trinajstić information content (AvgIpc) is 3.41. The van der Waals surface area contributed by atoms with Crippen molar-refractivity contribution in [3.05, 3.63) is 48.6 Å². The zero-order chi connectivity index (χ0) is 54.3. The smallest absolute Gasteiger partial charge is 0.305 e. The lowest BCUT2D eigenvalue weighted by Crippen LogP contribution is -2.45. The number of rotatable bonds is 62. The van der Waals surface area contributed by atoms with Crippen LogP contribution in [-0.4, -0.2) is 47.4 Å². The van der Waals surface area contributed by atoms with Gasteiger partial charge in [-0.1, -0.05) is 300 Å². The maximum Gasteiger partial charge on any atom is 0.305 e. The van der Waals surface area contributed by atoms with E-state index in [9.17, 15) is 19.8 Å². The number of carbonyl (C=O) groups excluding carboxylic acids is 2. The van der Waals surface area contributed by atoms with Gasteiger partial charge >= 0.3 is 5.97 Å². The molecular weight excluding hydrogens is 923 g/mol. The number of carbonyl (C=O) groups is 2. The summed E-state index contributed by atoms with van der Waals surface area (Å²) < 4.78 is 5.48. The van der Waals surface area contributed by atoms with Crippen molar-refractivity contribution in [2.24, 2.45) is 0 Å². The first-order valence-corrected chi connectivity index (χ1v) is 33.4. The highest BCUT2D eigenvalue weighted by atomic mass is 16.5. The van der Waals surface area contributed by atoms with Crippen LogP contribution in [0.2, 0.25) is 0 Å². The van der Waals surface area contributed by atoms with Crippen LogP contribution in [0.4, 0.5) is 0 Å². The number of unbranched alkanes of at least 4 members (excludes halogenated alkanes) is 45. The molecule has 0 saturated heterocycles. The second-order valence-electron chi connectivity index (χ2n) is 22.8. The number of hydrogen-bond donors (Lipinski definition) is 3. The number of aliphatic hydroxyl groups is 2. The van der Waals surface area contributed by atoms with Gasteiger partial charge in [-0.15, -0.1) is 0 Å². The Morgan fingerprint density at radius 1 is 0.373 bits per heavy atom. The molecule has 0 rings (SSSR count). The number of nitrogens with one attached hydrogen (secondary N) is 1. The van der Waals surface area contributed by atoms with Gasteiger partial charge in [0.15, 0.2) is 0 Å². The Morgan fingerprint density at radius 2 is 0.667 bits per heavy atom. The summed E-state index contributed by atoms with van der Waals surface area (Å²) in [7, 11) is 0. The largest absolute Gasteiger partial charge is 0.466 e. The van der Waals surface area contributed by atoms with Gasteiger partial charge in [0, 0.05) is 12.8 Å². The lowest BCUT2D eigenvalue weighted by molar-refractivity contribution is -0.143. The van der Waals surface area contributed by atoms with Crippen LogP contribution in [0.25, 0.3) is 0 Å². The molecule has 0 saturated carbocycles. The summed E-state index contributed by atoms with van der Waals surface area (Å²) in [6.07, 6.45) is 83.1. The van der Waals surface area contributed by atoms with Crippen LogP contribution in [0, 0.1) is 0 Å². The quantitative estimate of drug-likeness (QED) is 0.0320. The Bertz CT molecular complexity index is 1260. The highest BCUT2D eigenvalue weighted by Gasteiger charge is 2.18. The van der Waals surface area contributed by atoms with E-state index in [1.54, 1.807) is 6.08 Å². The molecule has 2 atom stereocenters. The predicted octanol–water partition coefficient (Wildman–Crippen LogP) is 21.3. The Hall–Kier alpha value is -2.18. The third-order valence-electron chi connectivity index (χ3n) is 15.3. The molecule has 3 N–H and O–H groups in total. The molecule has 75 heavy (non-hydrogen) atoms. The molecule has 0 bridgehead atoms. The van der Waals surface area contributed by atoms with Crippen LogP contribution in [0.1, 0.15) is 354 Å². The van der Waals surface area contributed by atoms with Gasteiger partial charge in [0.1, 0.15) is 0 Å². The third kappa shape index (κ3) is 60.9. The van der Waals surface area contributed by atoms with Gasteiger partial charge in [0.2, 0.25) is 5.91 Å². The fourth-order valence-corrected chi connectivity index (χ4v) is 10.2. The fourth-order valence-electron chi connectivity index (χ4n) is 10.2. The number of aliphatic hydroxyl groups excluding tert-OH is 2. The number of ether oxygens (including phenoxy) is 1. The van der Waals surface area contributed by atoms with Crippen molar-refractivity contribution >= 4 is 11.9 Å². The van der Waals surface area contributed by atoms with Gasteiger partial charge in [0.25, 0.3) is 0 Å². The normalized spacial score (nSPS) is 12.9. The first-order chi connectivity index (χ1) is 37.0. The molecule has 2 unspecified atom stereocenters. The van der Waals surface area contributed by atoms with E-state index in [0.29, 0.717) is 19.4 Å². The molecule has 0 aromatic rings. The summed E-state index contributed by atoms with van der Waals surface area (Å²) in [5.41, 5.74) is 0. The molecule has 0 radical (unpaired) electrons. The van der Waals surface area contributed by atoms with Crippen molar-refractivity contribution in [2.45, 2.75) is 366 Å². The molecule has 0 aromatic carbocycles. The van der Waals surface area contributed by atoms with Crippen molar-refractivity contribution in [1.29, 1.82) is 0 Å². The molecule has 0 aliphatic rings. The number of esters is 1. The summed E-state index contributed by atoms with van der Waals surface area (Å²) in [5, 5.41) is 23.2. The van der Waals surface area contributed by atoms with E-state index in [0.717, 1.165) is 51.4 Å². The molecular formula is C69H129NO5. The van der Waals surface area contributed by atoms with E-state index < -0.39 is 12.1 Å². The van der Waals surface area contributed by atoms with Gasteiger partial charge in [0.05, 0.1) is 25.4 Å². The number of allylic oxidation sites excluding steroid dienone is 7. The Labute approximate surface area is 467 Å². The molecule has 0 aliphatic carbocycles. The second kappa shape index (κ2) is 64.3. The Balaban J connectivity index is 3.43. The first-order valence-electron chi connectivity index (χ1n) is 33.4. The van der Waals surface area contributed by atoms with Gasteiger partial charge < -0.3 is 20.3 Å². The summed E-state index contributed by atoms with van der Waals surface area (Å²) in [6, 6.07) is -0.631. The van der Waals surface area contributed by atoms with Crippen molar-refractivity contribution in [3.8, 4) is 0 Å². The maximum atomic E-state index is 12.5. The fraction of sp³-hybridized carbons (Fsp3) is 0.855. The summed E-state index contributed by atoms with van der Waals surface area (Å²) >= 11 is 0. The highest BCUT2D eigenvalue weighted by Crippen LogP contribution is 2.17. The van der Waals surface area contributed by atoms with E-state index in [2.05, 4.69) is 55.6 Å². The average molecular weight is 1050 g/mol. The summed E-state index contributed by atoms with van der Waals surface area (Å²) in [5.74, 6) is -0.0700. The Morgan fingerprint density at radius 3 is 1.04 bits per heavy atom. The van der Waals surface area contributed by atoms with Gasteiger partial charge in [-0.3, -0.25) is 9.59 Å². The molecule has 1 amide bonds. The van der Waals surface area contributed by atoms with E-state index in [1.165, 1.54) is 276 Å². The lowest BCUT2D eigenvalue weighted by Gasteiger charge is -2.20. The van der Waals surface area contributed by atoms with Crippen molar-refractivity contribution < 1.29 is 24.5 Å².